The molecule has 0 spiro atoms. The Labute approximate surface area is 79.3 Å². The van der Waals surface area contributed by atoms with Crippen LogP contribution < -0.4 is 0 Å². The molecule has 0 radical (unpaired) electrons. The van der Waals surface area contributed by atoms with Gasteiger partial charge in [-0.1, -0.05) is 0 Å². The van der Waals surface area contributed by atoms with Crippen molar-refractivity contribution >= 4 is 11.9 Å². The van der Waals surface area contributed by atoms with E-state index in [9.17, 15) is 9.59 Å². The van der Waals surface area contributed by atoms with Crippen LogP contribution in [0.4, 0.5) is 0 Å². The summed E-state index contributed by atoms with van der Waals surface area (Å²) in [5.74, 6) is -1.90. The van der Waals surface area contributed by atoms with Crippen LogP contribution in [0.15, 0.2) is 6.33 Å². The minimum atomic E-state index is -1.05. The fourth-order valence-electron chi connectivity index (χ4n) is 0.759. The summed E-state index contributed by atoms with van der Waals surface area (Å²) in [4.78, 5) is 25.1. The van der Waals surface area contributed by atoms with Crippen LogP contribution in [0, 0.1) is 0 Å². The minimum absolute atomic E-state index is 0.152. The van der Waals surface area contributed by atoms with Crippen molar-refractivity contribution < 1.29 is 19.4 Å². The van der Waals surface area contributed by atoms with Gasteiger partial charge in [0, 0.05) is 0 Å². The third kappa shape index (κ3) is 1.87. The summed E-state index contributed by atoms with van der Waals surface area (Å²) >= 11 is 0. The normalized spacial score (nSPS) is 12.1. The van der Waals surface area contributed by atoms with E-state index in [0.717, 1.165) is 4.68 Å². The van der Waals surface area contributed by atoms with Crippen LogP contribution in [0.2, 0.25) is 0 Å². The van der Waals surface area contributed by atoms with Gasteiger partial charge in [-0.3, -0.25) is 0 Å². The molecule has 7 heteroatoms. The second kappa shape index (κ2) is 3.86. The highest BCUT2D eigenvalue weighted by Crippen LogP contribution is 2.03. The van der Waals surface area contributed by atoms with Gasteiger partial charge in [-0.05, 0) is 6.92 Å². The lowest BCUT2D eigenvalue weighted by atomic mass is 10.4. The number of methoxy groups -OCH3 is 1. The molecule has 0 aliphatic heterocycles. The summed E-state index contributed by atoms with van der Waals surface area (Å²) in [5, 5.41) is 12.3. The number of hydrogen-bond donors (Lipinski definition) is 1. The zero-order chi connectivity index (χ0) is 10.7. The van der Waals surface area contributed by atoms with Gasteiger partial charge in [0.25, 0.3) is 5.82 Å². The van der Waals surface area contributed by atoms with Gasteiger partial charge in [-0.15, -0.1) is 5.10 Å². The van der Waals surface area contributed by atoms with E-state index < -0.39 is 18.0 Å². The molecular formula is C7H9N3O4. The van der Waals surface area contributed by atoms with Crippen molar-refractivity contribution in [1.82, 2.24) is 14.8 Å². The van der Waals surface area contributed by atoms with Gasteiger partial charge in [0.05, 0.1) is 7.11 Å². The third-order valence-corrected chi connectivity index (χ3v) is 1.63. The first-order valence-electron chi connectivity index (χ1n) is 3.78. The average molecular weight is 199 g/mol. The minimum Gasteiger partial charge on any atom is -0.480 e. The van der Waals surface area contributed by atoms with Crippen LogP contribution >= 0.6 is 0 Å². The number of ether oxygens (including phenoxy) is 1. The maximum atomic E-state index is 10.9. The summed E-state index contributed by atoms with van der Waals surface area (Å²) < 4.78 is 5.44. The highest BCUT2D eigenvalue weighted by molar-refractivity contribution is 5.84. The number of carbonyl (C=O) groups excluding carboxylic acids is 1. The van der Waals surface area contributed by atoms with Crippen molar-refractivity contribution in [3.8, 4) is 0 Å². The monoisotopic (exact) mass is 199 g/mol. The Bertz CT molecular complexity index is 360. The van der Waals surface area contributed by atoms with Crippen molar-refractivity contribution in [2.24, 2.45) is 0 Å². The molecule has 0 bridgehead atoms. The van der Waals surface area contributed by atoms with Gasteiger partial charge in [-0.25, -0.2) is 19.3 Å². The van der Waals surface area contributed by atoms with Gasteiger partial charge in [-0.2, -0.15) is 0 Å². The molecule has 14 heavy (non-hydrogen) atoms. The second-order valence-electron chi connectivity index (χ2n) is 2.55. The van der Waals surface area contributed by atoms with Crippen molar-refractivity contribution in [1.29, 1.82) is 0 Å². The standard InChI is InChI=1S/C7H9N3O4/c1-4(6(11)12)10-3-8-5(9-10)7(13)14-2/h3-4H,1-2H3,(H,11,12). The Morgan fingerprint density at radius 2 is 2.29 bits per heavy atom. The Hall–Kier alpha value is -1.92. The quantitative estimate of drug-likeness (QED) is 0.672. The number of aliphatic carboxylic acids is 1. The molecule has 0 amide bonds. The number of nitrogens with zero attached hydrogens (tertiary/aromatic N) is 3. The Morgan fingerprint density at radius 1 is 1.64 bits per heavy atom. The number of aromatic nitrogens is 3. The van der Waals surface area contributed by atoms with Crippen molar-refractivity contribution in [2.75, 3.05) is 7.11 Å². The SMILES string of the molecule is COC(=O)c1ncn(C(C)C(=O)O)n1. The van der Waals surface area contributed by atoms with Gasteiger partial charge in [0.15, 0.2) is 0 Å². The van der Waals surface area contributed by atoms with Crippen LogP contribution in [0.3, 0.4) is 0 Å². The smallest absolute Gasteiger partial charge is 0.377 e. The average Bonchev–Trinajstić information content (AvgIpc) is 2.64. The van der Waals surface area contributed by atoms with Gasteiger partial charge >= 0.3 is 11.9 Å². The molecule has 1 heterocycles. The molecule has 1 aromatic rings. The fourth-order valence-corrected chi connectivity index (χ4v) is 0.759. The van der Waals surface area contributed by atoms with Gasteiger partial charge in [0.2, 0.25) is 0 Å². The van der Waals surface area contributed by atoms with Crippen LogP contribution in [-0.2, 0) is 9.53 Å². The summed E-state index contributed by atoms with van der Waals surface area (Å²) in [6.07, 6.45) is 1.17. The molecule has 0 aromatic carbocycles. The zero-order valence-corrected chi connectivity index (χ0v) is 7.67. The van der Waals surface area contributed by atoms with Crippen LogP contribution in [0.5, 0.6) is 0 Å². The topological polar surface area (TPSA) is 94.3 Å². The lowest BCUT2D eigenvalue weighted by Crippen LogP contribution is -2.16. The largest absolute Gasteiger partial charge is 0.480 e. The molecule has 0 aliphatic carbocycles. The molecule has 0 fully saturated rings. The predicted octanol–water partition coefficient (Wildman–Crippen LogP) is -0.290. The zero-order valence-electron chi connectivity index (χ0n) is 7.67. The molecule has 7 nitrogen and oxygen atoms in total. The van der Waals surface area contributed by atoms with Crippen molar-refractivity contribution in [3.63, 3.8) is 0 Å². The number of hydrogen-bond acceptors (Lipinski definition) is 5. The maximum absolute atomic E-state index is 10.9. The van der Waals surface area contributed by atoms with E-state index in [2.05, 4.69) is 14.8 Å². The molecule has 76 valence electrons. The first kappa shape index (κ1) is 10.2. The maximum Gasteiger partial charge on any atom is 0.377 e. The summed E-state index contributed by atoms with van der Waals surface area (Å²) in [7, 11) is 1.20. The molecule has 1 atom stereocenters. The lowest BCUT2D eigenvalue weighted by Gasteiger charge is -2.03. The summed E-state index contributed by atoms with van der Waals surface area (Å²) in [5.41, 5.74) is 0. The Morgan fingerprint density at radius 3 is 2.79 bits per heavy atom. The Balaban J connectivity index is 2.88. The number of rotatable bonds is 3. The molecule has 1 rings (SSSR count). The van der Waals surface area contributed by atoms with E-state index in [4.69, 9.17) is 5.11 Å². The highest BCUT2D eigenvalue weighted by Gasteiger charge is 2.18. The lowest BCUT2D eigenvalue weighted by molar-refractivity contribution is -0.140. The van der Waals surface area contributed by atoms with Crippen LogP contribution in [-0.4, -0.2) is 38.9 Å². The van der Waals surface area contributed by atoms with Crippen LogP contribution in [0.1, 0.15) is 23.6 Å². The number of carboxylic acid groups (broad SMARTS) is 1. The molecular weight excluding hydrogens is 190 g/mol. The van der Waals surface area contributed by atoms with E-state index in [-0.39, 0.29) is 5.82 Å². The number of carbonyl (C=O) groups is 2. The fraction of sp³-hybridized carbons (Fsp3) is 0.429. The first-order chi connectivity index (χ1) is 6.56. The van der Waals surface area contributed by atoms with E-state index in [1.807, 2.05) is 0 Å². The molecule has 0 aliphatic rings. The second-order valence-corrected chi connectivity index (χ2v) is 2.55. The summed E-state index contributed by atoms with van der Waals surface area (Å²) in [6, 6.07) is -0.860. The number of esters is 1. The highest BCUT2D eigenvalue weighted by atomic mass is 16.5. The predicted molar refractivity (Wildman–Crippen MR) is 43.7 cm³/mol. The van der Waals surface area contributed by atoms with E-state index in [0.29, 0.717) is 0 Å². The van der Waals surface area contributed by atoms with E-state index in [1.54, 1.807) is 0 Å². The molecule has 1 N–H and O–H groups in total. The molecule has 1 aromatic heterocycles. The first-order valence-corrected chi connectivity index (χ1v) is 3.78. The molecule has 1 unspecified atom stereocenters. The number of carboxylic acids is 1. The molecule has 0 saturated heterocycles. The molecule has 0 saturated carbocycles. The van der Waals surface area contributed by atoms with E-state index >= 15 is 0 Å². The van der Waals surface area contributed by atoms with Gasteiger partial charge < -0.3 is 9.84 Å². The van der Waals surface area contributed by atoms with E-state index in [1.165, 1.54) is 20.4 Å². The summed E-state index contributed by atoms with van der Waals surface area (Å²) in [6.45, 7) is 1.43. The van der Waals surface area contributed by atoms with Crippen LogP contribution in [0.25, 0.3) is 0 Å². The van der Waals surface area contributed by atoms with Gasteiger partial charge in [0.1, 0.15) is 12.4 Å². The third-order valence-electron chi connectivity index (χ3n) is 1.63. The Kier molecular flexibility index (Phi) is 2.80. The van der Waals surface area contributed by atoms with Crippen molar-refractivity contribution in [2.45, 2.75) is 13.0 Å². The van der Waals surface area contributed by atoms with Crippen molar-refractivity contribution in [3.05, 3.63) is 12.2 Å².